The minimum absolute atomic E-state index is 0.00713. The third kappa shape index (κ3) is 5.02. The zero-order valence-corrected chi connectivity index (χ0v) is 24.0. The second-order valence-electron chi connectivity index (χ2n) is 11.6. The number of piperidine rings is 1. The fourth-order valence-electron chi connectivity index (χ4n) is 6.87. The Morgan fingerprint density at radius 3 is 2.33 bits per heavy atom. The van der Waals surface area contributed by atoms with Gasteiger partial charge in [0.05, 0.1) is 12.3 Å². The van der Waals surface area contributed by atoms with E-state index in [1.807, 2.05) is 60.9 Å². The van der Waals surface area contributed by atoms with Gasteiger partial charge in [-0.1, -0.05) is 37.3 Å². The molecular formula is C33H36N4O5. The molecule has 4 heterocycles. The van der Waals surface area contributed by atoms with E-state index in [1.165, 1.54) is 0 Å². The second kappa shape index (κ2) is 11.2. The molecule has 42 heavy (non-hydrogen) atoms. The van der Waals surface area contributed by atoms with Crippen LogP contribution < -0.4 is 20.5 Å². The number of anilines is 1. The van der Waals surface area contributed by atoms with E-state index in [2.05, 4.69) is 10.2 Å². The number of barbiturate groups is 1. The Labute approximate surface area is 245 Å². The highest BCUT2D eigenvalue weighted by Gasteiger charge is 2.55. The molecule has 9 nitrogen and oxygen atoms in total. The van der Waals surface area contributed by atoms with Crippen LogP contribution in [0.2, 0.25) is 0 Å². The summed E-state index contributed by atoms with van der Waals surface area (Å²) >= 11 is 0. The molecule has 3 aliphatic heterocycles. The molecule has 218 valence electrons. The number of carbonyl (C=O) groups is 3. The van der Waals surface area contributed by atoms with Crippen LogP contribution in [0.5, 0.6) is 5.75 Å². The summed E-state index contributed by atoms with van der Waals surface area (Å²) in [6.45, 7) is 6.53. The number of benzene rings is 2. The lowest BCUT2D eigenvalue weighted by atomic mass is 9.75. The molecule has 3 aliphatic rings. The molecule has 2 fully saturated rings. The van der Waals surface area contributed by atoms with Crippen LogP contribution in [0.3, 0.4) is 0 Å². The van der Waals surface area contributed by atoms with Gasteiger partial charge in [-0.3, -0.25) is 19.7 Å². The van der Waals surface area contributed by atoms with Crippen molar-refractivity contribution in [1.82, 2.24) is 14.8 Å². The number of aryl methyl sites for hydroxylation is 1. The van der Waals surface area contributed by atoms with E-state index in [0.717, 1.165) is 34.6 Å². The van der Waals surface area contributed by atoms with Gasteiger partial charge in [0, 0.05) is 43.9 Å². The molecule has 0 radical (unpaired) electrons. The van der Waals surface area contributed by atoms with Gasteiger partial charge >= 0.3 is 6.03 Å². The lowest BCUT2D eigenvalue weighted by Crippen LogP contribution is -2.68. The lowest BCUT2D eigenvalue weighted by molar-refractivity contribution is -0.144. The average Bonchev–Trinajstić information content (AvgIpc) is 2.98. The van der Waals surface area contributed by atoms with E-state index in [1.54, 1.807) is 24.3 Å². The first-order valence-electron chi connectivity index (χ1n) is 14.7. The maximum atomic E-state index is 14.5. The number of fused-ring (bicyclic) bond motifs is 4. The van der Waals surface area contributed by atoms with Crippen LogP contribution in [0, 0.1) is 11.3 Å². The maximum Gasteiger partial charge on any atom is 0.335 e. The summed E-state index contributed by atoms with van der Waals surface area (Å²) in [6.07, 6.45) is 1.91. The van der Waals surface area contributed by atoms with Gasteiger partial charge in [0.25, 0.3) is 11.5 Å². The predicted molar refractivity (Wildman–Crippen MR) is 159 cm³/mol. The highest BCUT2D eigenvalue weighted by atomic mass is 16.5. The van der Waals surface area contributed by atoms with Gasteiger partial charge in [0.1, 0.15) is 11.2 Å². The van der Waals surface area contributed by atoms with Gasteiger partial charge in [-0.05, 0) is 73.6 Å². The van der Waals surface area contributed by atoms with E-state index in [-0.39, 0.29) is 30.4 Å². The molecule has 0 unspecified atom stereocenters. The van der Waals surface area contributed by atoms with Gasteiger partial charge in [0.15, 0.2) is 0 Å². The third-order valence-electron chi connectivity index (χ3n) is 8.86. The van der Waals surface area contributed by atoms with E-state index >= 15 is 0 Å². The number of rotatable bonds is 8. The van der Waals surface area contributed by atoms with E-state index in [9.17, 15) is 19.2 Å². The molecule has 0 saturated carbocycles. The molecule has 1 N–H and O–H groups in total. The van der Waals surface area contributed by atoms with Crippen LogP contribution in [0.4, 0.5) is 10.5 Å². The van der Waals surface area contributed by atoms with Crippen LogP contribution in [0.15, 0.2) is 71.5 Å². The van der Waals surface area contributed by atoms with Crippen molar-refractivity contribution in [2.45, 2.75) is 45.6 Å². The molecule has 1 aromatic heterocycles. The number of hydrogen-bond donors (Lipinski definition) is 1. The lowest BCUT2D eigenvalue weighted by Gasteiger charge is -2.47. The predicted octanol–water partition coefficient (Wildman–Crippen LogP) is 3.74. The highest BCUT2D eigenvalue weighted by Crippen LogP contribution is 2.39. The van der Waals surface area contributed by atoms with Crippen LogP contribution in [-0.2, 0) is 29.0 Å². The molecule has 2 aromatic carbocycles. The summed E-state index contributed by atoms with van der Waals surface area (Å²) in [7, 11) is 0. The largest absolute Gasteiger partial charge is 0.494 e. The van der Waals surface area contributed by atoms with Gasteiger partial charge in [0.2, 0.25) is 5.91 Å². The summed E-state index contributed by atoms with van der Waals surface area (Å²) in [6, 6.07) is 19.4. The van der Waals surface area contributed by atoms with Crippen molar-refractivity contribution in [3.63, 3.8) is 0 Å². The monoisotopic (exact) mass is 568 g/mol. The zero-order chi connectivity index (χ0) is 29.4. The van der Waals surface area contributed by atoms with Crippen LogP contribution in [0.1, 0.15) is 43.0 Å². The SMILES string of the molecule is CCOc1ccc(C[C@@]2(CN3C[C@H]4C[C@@H](C3)c3cccc(=O)n3C4)C(=O)NC(=O)N(c3ccc(CC)cc3)C2=O)cc1. The number of aromatic nitrogens is 1. The Balaban J connectivity index is 1.36. The number of urea groups is 1. The number of nitrogens with zero attached hydrogens (tertiary/aromatic N) is 3. The van der Waals surface area contributed by atoms with Gasteiger partial charge in [-0.25, -0.2) is 9.69 Å². The van der Waals surface area contributed by atoms with Crippen molar-refractivity contribution >= 4 is 23.5 Å². The first kappa shape index (κ1) is 27.9. The normalized spacial score (nSPS) is 23.9. The summed E-state index contributed by atoms with van der Waals surface area (Å²) in [5.74, 6) is -0.0582. The summed E-state index contributed by atoms with van der Waals surface area (Å²) in [5, 5.41) is 2.52. The number of imide groups is 2. The third-order valence-corrected chi connectivity index (χ3v) is 8.86. The standard InChI is InChI=1S/C33H36N4O5/c1-3-22-8-12-26(13-9-22)37-31(40)33(30(39)34-32(37)41,17-23-10-14-27(15-11-23)42-4-2)21-35-18-24-16-25(20-35)28-6-5-7-29(38)36(28)19-24/h5-15,24-25H,3-4,16-21H2,1-2H3,(H,34,39,41)/t24-,25+,33-/m1/s1. The topological polar surface area (TPSA) is 101 Å². The first-order valence-corrected chi connectivity index (χ1v) is 14.7. The van der Waals surface area contributed by atoms with Crippen LogP contribution >= 0.6 is 0 Å². The number of ether oxygens (including phenoxy) is 1. The molecule has 4 amide bonds. The Hall–Kier alpha value is -4.24. The van der Waals surface area contributed by atoms with Crippen molar-refractivity contribution < 1.29 is 19.1 Å². The molecular weight excluding hydrogens is 532 g/mol. The van der Waals surface area contributed by atoms with Gasteiger partial charge in [-0.2, -0.15) is 0 Å². The van der Waals surface area contributed by atoms with Crippen molar-refractivity contribution in [2.75, 3.05) is 31.1 Å². The highest BCUT2D eigenvalue weighted by molar-refractivity contribution is 6.30. The van der Waals surface area contributed by atoms with E-state index in [4.69, 9.17) is 4.74 Å². The van der Waals surface area contributed by atoms with Gasteiger partial charge in [-0.15, -0.1) is 0 Å². The summed E-state index contributed by atoms with van der Waals surface area (Å²) < 4.78 is 7.46. The minimum atomic E-state index is -1.54. The molecule has 3 atom stereocenters. The van der Waals surface area contributed by atoms with Gasteiger partial charge < -0.3 is 14.2 Å². The number of hydrogen-bond acceptors (Lipinski definition) is 6. The Morgan fingerprint density at radius 1 is 0.881 bits per heavy atom. The molecule has 2 bridgehead atoms. The average molecular weight is 569 g/mol. The number of nitrogens with one attached hydrogen (secondary N) is 1. The number of pyridine rings is 1. The maximum absolute atomic E-state index is 14.5. The molecule has 0 spiro atoms. The van der Waals surface area contributed by atoms with Crippen molar-refractivity contribution in [2.24, 2.45) is 11.3 Å². The Kier molecular flexibility index (Phi) is 7.45. The molecule has 3 aromatic rings. The number of likely N-dealkylation sites (tertiary alicyclic amines) is 1. The zero-order valence-electron chi connectivity index (χ0n) is 24.0. The van der Waals surface area contributed by atoms with Crippen molar-refractivity contribution in [3.05, 3.63) is 93.9 Å². The van der Waals surface area contributed by atoms with E-state index in [0.29, 0.717) is 37.7 Å². The Bertz CT molecular complexity index is 1560. The van der Waals surface area contributed by atoms with Crippen molar-refractivity contribution in [3.8, 4) is 5.75 Å². The van der Waals surface area contributed by atoms with Crippen molar-refractivity contribution in [1.29, 1.82) is 0 Å². The first-order chi connectivity index (χ1) is 20.3. The molecule has 0 aliphatic carbocycles. The smallest absolute Gasteiger partial charge is 0.335 e. The molecule has 6 rings (SSSR count). The molecule has 9 heteroatoms. The quantitative estimate of drug-likeness (QED) is 0.416. The number of carbonyl (C=O) groups excluding carboxylic acids is 3. The van der Waals surface area contributed by atoms with Crippen LogP contribution in [0.25, 0.3) is 0 Å². The fraction of sp³-hybridized carbons (Fsp3) is 0.394. The fourth-order valence-corrected chi connectivity index (χ4v) is 6.87. The molecule has 2 saturated heterocycles. The van der Waals surface area contributed by atoms with Crippen LogP contribution in [-0.4, -0.2) is 53.6 Å². The second-order valence-corrected chi connectivity index (χ2v) is 11.6. The van der Waals surface area contributed by atoms with E-state index < -0.39 is 23.3 Å². The number of amides is 4. The minimum Gasteiger partial charge on any atom is -0.494 e. The Morgan fingerprint density at radius 2 is 1.62 bits per heavy atom. The summed E-state index contributed by atoms with van der Waals surface area (Å²) in [5.41, 5.74) is 1.78. The summed E-state index contributed by atoms with van der Waals surface area (Å²) in [4.78, 5) is 57.4.